The zero-order valence-electron chi connectivity index (χ0n) is 12.1. The van der Waals surface area contributed by atoms with Crippen LogP contribution in [0.25, 0.3) is 0 Å². The molecule has 108 valence electrons. The number of ether oxygens (including phenoxy) is 1. The standard InChI is InChI=1S/C15H20N2O3/c1-4-16-13(18)9-10-17-11-7-5-6-8-12(11)20-15(2,3)14(17)19/h5-8H,4,9-10H2,1-3H3,(H,16,18). The molecular formula is C15H20N2O3. The van der Waals surface area contributed by atoms with Crippen LogP contribution in [0.2, 0.25) is 0 Å². The molecule has 1 aliphatic heterocycles. The molecule has 2 amide bonds. The lowest BCUT2D eigenvalue weighted by Crippen LogP contribution is -2.53. The van der Waals surface area contributed by atoms with Crippen molar-refractivity contribution >= 4 is 17.5 Å². The zero-order valence-corrected chi connectivity index (χ0v) is 12.1. The first-order chi connectivity index (χ1) is 9.45. The first-order valence-corrected chi connectivity index (χ1v) is 6.82. The number of nitrogens with one attached hydrogen (secondary N) is 1. The van der Waals surface area contributed by atoms with Gasteiger partial charge in [-0.15, -0.1) is 0 Å². The SMILES string of the molecule is CCNC(=O)CCN1C(=O)C(C)(C)Oc2ccccc21. The third kappa shape index (κ3) is 2.76. The number of para-hydroxylation sites is 2. The van der Waals surface area contributed by atoms with Gasteiger partial charge in [0.05, 0.1) is 5.69 Å². The van der Waals surface area contributed by atoms with Crippen LogP contribution in [-0.2, 0) is 9.59 Å². The molecule has 0 saturated heterocycles. The Kier molecular flexibility index (Phi) is 3.97. The summed E-state index contributed by atoms with van der Waals surface area (Å²) in [5, 5.41) is 2.74. The second-order valence-electron chi connectivity index (χ2n) is 5.24. The van der Waals surface area contributed by atoms with Crippen LogP contribution in [0.1, 0.15) is 27.2 Å². The molecule has 0 unspecified atom stereocenters. The van der Waals surface area contributed by atoms with E-state index in [-0.39, 0.29) is 18.2 Å². The summed E-state index contributed by atoms with van der Waals surface area (Å²) in [5.74, 6) is 0.496. The van der Waals surface area contributed by atoms with Gasteiger partial charge in [0.1, 0.15) is 5.75 Å². The molecule has 5 heteroatoms. The van der Waals surface area contributed by atoms with Crippen molar-refractivity contribution in [3.63, 3.8) is 0 Å². The number of fused-ring (bicyclic) bond motifs is 1. The molecule has 0 aromatic heterocycles. The Hall–Kier alpha value is -2.04. The first kappa shape index (κ1) is 14.4. The molecule has 1 aromatic rings. The Morgan fingerprint density at radius 2 is 2.05 bits per heavy atom. The van der Waals surface area contributed by atoms with Crippen molar-refractivity contribution in [1.29, 1.82) is 0 Å². The normalized spacial score (nSPS) is 16.4. The van der Waals surface area contributed by atoms with Crippen LogP contribution in [0.4, 0.5) is 5.69 Å². The van der Waals surface area contributed by atoms with E-state index in [0.29, 0.717) is 18.8 Å². The molecule has 0 bridgehead atoms. The van der Waals surface area contributed by atoms with Crippen LogP contribution in [0.15, 0.2) is 24.3 Å². The fourth-order valence-corrected chi connectivity index (χ4v) is 2.24. The molecule has 1 aliphatic rings. The predicted octanol–water partition coefficient (Wildman–Crippen LogP) is 1.72. The Morgan fingerprint density at radius 3 is 2.75 bits per heavy atom. The summed E-state index contributed by atoms with van der Waals surface area (Å²) in [5.41, 5.74) is -0.184. The van der Waals surface area contributed by atoms with Gasteiger partial charge >= 0.3 is 0 Å². The van der Waals surface area contributed by atoms with Crippen molar-refractivity contribution in [3.05, 3.63) is 24.3 Å². The average molecular weight is 276 g/mol. The van der Waals surface area contributed by atoms with Gasteiger partial charge in [0, 0.05) is 19.5 Å². The Balaban J connectivity index is 2.21. The average Bonchev–Trinajstić information content (AvgIpc) is 2.39. The highest BCUT2D eigenvalue weighted by molar-refractivity contribution is 6.02. The molecule has 0 fully saturated rings. The summed E-state index contributed by atoms with van der Waals surface area (Å²) in [6, 6.07) is 7.39. The summed E-state index contributed by atoms with van der Waals surface area (Å²) < 4.78 is 5.72. The molecule has 2 rings (SSSR count). The maximum absolute atomic E-state index is 12.4. The van der Waals surface area contributed by atoms with Crippen LogP contribution < -0.4 is 15.0 Å². The van der Waals surface area contributed by atoms with Crippen molar-refractivity contribution in [3.8, 4) is 5.75 Å². The van der Waals surface area contributed by atoms with Gasteiger partial charge in [-0.25, -0.2) is 0 Å². The summed E-state index contributed by atoms with van der Waals surface area (Å²) in [4.78, 5) is 25.7. The van der Waals surface area contributed by atoms with Gasteiger partial charge in [-0.1, -0.05) is 12.1 Å². The molecule has 1 aromatic carbocycles. The molecule has 0 radical (unpaired) electrons. The van der Waals surface area contributed by atoms with Gasteiger partial charge in [-0.3, -0.25) is 9.59 Å². The summed E-state index contributed by atoms with van der Waals surface area (Å²) in [6.07, 6.45) is 0.282. The lowest BCUT2D eigenvalue weighted by Gasteiger charge is -2.38. The third-order valence-electron chi connectivity index (χ3n) is 3.22. The van der Waals surface area contributed by atoms with Gasteiger partial charge < -0.3 is 15.0 Å². The highest BCUT2D eigenvalue weighted by Gasteiger charge is 2.40. The lowest BCUT2D eigenvalue weighted by atomic mass is 10.0. The first-order valence-electron chi connectivity index (χ1n) is 6.82. The molecule has 1 N–H and O–H groups in total. The number of hydrogen-bond acceptors (Lipinski definition) is 3. The Morgan fingerprint density at radius 1 is 1.35 bits per heavy atom. The van der Waals surface area contributed by atoms with E-state index in [9.17, 15) is 9.59 Å². The van der Waals surface area contributed by atoms with Crippen molar-refractivity contribution in [2.75, 3.05) is 18.0 Å². The predicted molar refractivity (Wildman–Crippen MR) is 76.8 cm³/mol. The Labute approximate surface area is 118 Å². The van der Waals surface area contributed by atoms with E-state index in [1.54, 1.807) is 18.7 Å². The quantitative estimate of drug-likeness (QED) is 0.911. The van der Waals surface area contributed by atoms with Gasteiger partial charge in [0.15, 0.2) is 5.60 Å². The van der Waals surface area contributed by atoms with Gasteiger partial charge in [0.25, 0.3) is 5.91 Å². The maximum atomic E-state index is 12.4. The number of nitrogens with zero attached hydrogens (tertiary/aromatic N) is 1. The van der Waals surface area contributed by atoms with Crippen LogP contribution >= 0.6 is 0 Å². The second kappa shape index (κ2) is 5.53. The smallest absolute Gasteiger partial charge is 0.270 e. The largest absolute Gasteiger partial charge is 0.476 e. The maximum Gasteiger partial charge on any atom is 0.270 e. The summed E-state index contributed by atoms with van der Waals surface area (Å²) in [6.45, 7) is 6.30. The third-order valence-corrected chi connectivity index (χ3v) is 3.22. The van der Waals surface area contributed by atoms with Crippen LogP contribution in [0.5, 0.6) is 5.75 Å². The molecular weight excluding hydrogens is 256 g/mol. The number of anilines is 1. The molecule has 5 nitrogen and oxygen atoms in total. The van der Waals surface area contributed by atoms with Crippen molar-refractivity contribution in [1.82, 2.24) is 5.32 Å². The molecule has 0 atom stereocenters. The second-order valence-corrected chi connectivity index (χ2v) is 5.24. The van der Waals surface area contributed by atoms with Crippen LogP contribution in [0.3, 0.4) is 0 Å². The summed E-state index contributed by atoms with van der Waals surface area (Å²) >= 11 is 0. The fourth-order valence-electron chi connectivity index (χ4n) is 2.24. The number of rotatable bonds is 4. The number of carbonyl (C=O) groups is 2. The number of amides is 2. The van der Waals surface area contributed by atoms with Gasteiger partial charge in [-0.05, 0) is 32.9 Å². The van der Waals surface area contributed by atoms with Crippen molar-refractivity contribution in [2.45, 2.75) is 32.8 Å². The minimum atomic E-state index is -0.907. The molecule has 0 spiro atoms. The van der Waals surface area contributed by atoms with Crippen LogP contribution in [-0.4, -0.2) is 30.5 Å². The minimum Gasteiger partial charge on any atom is -0.476 e. The van der Waals surface area contributed by atoms with Gasteiger partial charge in [0.2, 0.25) is 5.91 Å². The monoisotopic (exact) mass is 276 g/mol. The van der Waals surface area contributed by atoms with Gasteiger partial charge in [-0.2, -0.15) is 0 Å². The highest BCUT2D eigenvalue weighted by Crippen LogP contribution is 2.37. The fraction of sp³-hybridized carbons (Fsp3) is 0.467. The van der Waals surface area contributed by atoms with E-state index in [1.807, 2.05) is 31.2 Å². The van der Waals surface area contributed by atoms with Crippen LogP contribution in [0, 0.1) is 0 Å². The summed E-state index contributed by atoms with van der Waals surface area (Å²) in [7, 11) is 0. The van der Waals surface area contributed by atoms with Crippen molar-refractivity contribution in [2.24, 2.45) is 0 Å². The molecule has 1 heterocycles. The molecule has 0 saturated carbocycles. The van der Waals surface area contributed by atoms with E-state index < -0.39 is 5.60 Å². The van der Waals surface area contributed by atoms with Crippen molar-refractivity contribution < 1.29 is 14.3 Å². The van der Waals surface area contributed by atoms with E-state index in [0.717, 1.165) is 5.69 Å². The highest BCUT2D eigenvalue weighted by atomic mass is 16.5. The lowest BCUT2D eigenvalue weighted by molar-refractivity contribution is -0.132. The molecule has 0 aliphatic carbocycles. The number of benzene rings is 1. The number of hydrogen-bond donors (Lipinski definition) is 1. The minimum absolute atomic E-state index is 0.0536. The topological polar surface area (TPSA) is 58.6 Å². The van der Waals surface area contributed by atoms with E-state index >= 15 is 0 Å². The number of carbonyl (C=O) groups excluding carboxylic acids is 2. The van der Waals surface area contributed by atoms with E-state index in [4.69, 9.17) is 4.74 Å². The zero-order chi connectivity index (χ0) is 14.8. The van der Waals surface area contributed by atoms with E-state index in [2.05, 4.69) is 5.32 Å². The van der Waals surface area contributed by atoms with E-state index in [1.165, 1.54) is 0 Å². The molecule has 20 heavy (non-hydrogen) atoms. The Bertz CT molecular complexity index is 526.